The van der Waals surface area contributed by atoms with E-state index in [1.165, 1.54) is 0 Å². The van der Waals surface area contributed by atoms with Crippen molar-refractivity contribution in [3.63, 3.8) is 0 Å². The average molecular weight is 335 g/mol. The molecule has 0 saturated heterocycles. The molecule has 0 heterocycles. The van der Waals surface area contributed by atoms with Gasteiger partial charge in [-0.25, -0.2) is 5.84 Å². The second-order valence-electron chi connectivity index (χ2n) is 4.20. The van der Waals surface area contributed by atoms with Gasteiger partial charge in [-0.3, -0.25) is 10.2 Å². The van der Waals surface area contributed by atoms with Crippen molar-refractivity contribution < 1.29 is 9.53 Å². The molecule has 4 nitrogen and oxygen atoms in total. The van der Waals surface area contributed by atoms with Crippen LogP contribution in [0.1, 0.15) is 17.2 Å². The number of carbonyl (C=O) groups is 1. The number of amides is 1. The first-order chi connectivity index (χ1) is 9.72. The zero-order valence-electron chi connectivity index (χ0n) is 10.8. The predicted molar refractivity (Wildman–Crippen MR) is 80.4 cm³/mol. The number of carbonyl (C=O) groups excluding carboxylic acids is 1. The molecule has 0 aliphatic carbocycles. The molecule has 0 saturated carbocycles. The fraction of sp³-hybridized carbons (Fsp3) is 0.133. The first kappa shape index (κ1) is 14.7. The van der Waals surface area contributed by atoms with Gasteiger partial charge in [-0.05, 0) is 17.2 Å². The number of rotatable bonds is 5. The molecule has 0 aliphatic heterocycles. The third kappa shape index (κ3) is 3.66. The number of nitrogens with one attached hydrogen (secondary N) is 1. The number of nitrogens with two attached hydrogens (primary N) is 1. The van der Waals surface area contributed by atoms with Gasteiger partial charge in [0.25, 0.3) is 5.91 Å². The maximum Gasteiger partial charge on any atom is 0.267 e. The third-order valence-electron chi connectivity index (χ3n) is 2.85. The van der Waals surface area contributed by atoms with Gasteiger partial charge in [0.1, 0.15) is 0 Å². The first-order valence-corrected chi connectivity index (χ1v) is 6.92. The fourth-order valence-corrected chi connectivity index (χ4v) is 2.21. The van der Waals surface area contributed by atoms with Crippen molar-refractivity contribution in [2.24, 2.45) is 5.84 Å². The van der Waals surface area contributed by atoms with Crippen LogP contribution in [-0.2, 0) is 16.1 Å². The Morgan fingerprint density at radius 2 is 1.80 bits per heavy atom. The lowest BCUT2D eigenvalue weighted by molar-refractivity contribution is -0.134. The van der Waals surface area contributed by atoms with Crippen molar-refractivity contribution in [1.82, 2.24) is 5.43 Å². The topological polar surface area (TPSA) is 64.3 Å². The number of benzene rings is 2. The second-order valence-corrected chi connectivity index (χ2v) is 5.06. The summed E-state index contributed by atoms with van der Waals surface area (Å²) in [7, 11) is 0. The van der Waals surface area contributed by atoms with Crippen LogP contribution in [0, 0.1) is 0 Å². The lowest BCUT2D eigenvalue weighted by Gasteiger charge is -2.17. The molecule has 1 unspecified atom stereocenters. The van der Waals surface area contributed by atoms with Gasteiger partial charge in [-0.2, -0.15) is 0 Å². The van der Waals surface area contributed by atoms with Gasteiger partial charge in [0.05, 0.1) is 6.61 Å². The molecular formula is C15H15BrN2O2. The van der Waals surface area contributed by atoms with Crippen molar-refractivity contribution in [1.29, 1.82) is 0 Å². The Kier molecular flexibility index (Phi) is 5.29. The predicted octanol–water partition coefficient (Wildman–Crippen LogP) is 2.70. The highest BCUT2D eigenvalue weighted by Gasteiger charge is 2.20. The maximum absolute atomic E-state index is 11.8. The molecule has 2 aromatic rings. The second kappa shape index (κ2) is 7.19. The quantitative estimate of drug-likeness (QED) is 0.502. The third-order valence-corrected chi connectivity index (χ3v) is 3.62. The van der Waals surface area contributed by atoms with Crippen LogP contribution in [0.4, 0.5) is 0 Å². The highest BCUT2D eigenvalue weighted by Crippen LogP contribution is 2.22. The summed E-state index contributed by atoms with van der Waals surface area (Å²) in [5.74, 6) is 4.85. The standard InChI is InChI=1S/C15H15BrN2O2/c16-13-9-5-4-8-12(13)10-20-14(15(19)18-17)11-6-2-1-3-7-11/h1-9,14H,10,17H2,(H,18,19). The zero-order valence-corrected chi connectivity index (χ0v) is 12.3. The smallest absolute Gasteiger partial charge is 0.267 e. The summed E-state index contributed by atoms with van der Waals surface area (Å²) < 4.78 is 6.67. The summed E-state index contributed by atoms with van der Waals surface area (Å²) in [5.41, 5.74) is 3.88. The number of ether oxygens (including phenoxy) is 1. The van der Waals surface area contributed by atoms with E-state index >= 15 is 0 Å². The number of hydrogen-bond donors (Lipinski definition) is 2. The Labute approximate surface area is 126 Å². The molecule has 0 aromatic heterocycles. The number of halogens is 1. The molecule has 2 rings (SSSR count). The van der Waals surface area contributed by atoms with Crippen LogP contribution in [0.15, 0.2) is 59.1 Å². The van der Waals surface area contributed by atoms with Crippen molar-refractivity contribution in [3.8, 4) is 0 Å². The van der Waals surface area contributed by atoms with E-state index in [4.69, 9.17) is 10.6 Å². The lowest BCUT2D eigenvalue weighted by Crippen LogP contribution is -2.35. The van der Waals surface area contributed by atoms with E-state index in [-0.39, 0.29) is 5.91 Å². The van der Waals surface area contributed by atoms with Gasteiger partial charge >= 0.3 is 0 Å². The van der Waals surface area contributed by atoms with E-state index in [1.54, 1.807) is 0 Å². The summed E-state index contributed by atoms with van der Waals surface area (Å²) in [6.45, 7) is 0.314. The van der Waals surface area contributed by atoms with Crippen LogP contribution < -0.4 is 11.3 Å². The average Bonchev–Trinajstić information content (AvgIpc) is 2.50. The summed E-state index contributed by atoms with van der Waals surface area (Å²) in [6.07, 6.45) is -0.728. The molecular weight excluding hydrogens is 320 g/mol. The Bertz CT molecular complexity index is 575. The largest absolute Gasteiger partial charge is 0.359 e. The highest BCUT2D eigenvalue weighted by molar-refractivity contribution is 9.10. The van der Waals surface area contributed by atoms with Crippen LogP contribution >= 0.6 is 15.9 Å². The lowest BCUT2D eigenvalue weighted by atomic mass is 10.1. The minimum atomic E-state index is -0.728. The number of hydrazine groups is 1. The van der Waals surface area contributed by atoms with E-state index in [9.17, 15) is 4.79 Å². The summed E-state index contributed by atoms with van der Waals surface area (Å²) in [4.78, 5) is 11.8. The van der Waals surface area contributed by atoms with Crippen molar-refractivity contribution >= 4 is 21.8 Å². The minimum absolute atomic E-state index is 0.314. The Morgan fingerprint density at radius 3 is 2.45 bits per heavy atom. The summed E-state index contributed by atoms with van der Waals surface area (Å²) in [5, 5.41) is 0. The van der Waals surface area contributed by atoms with Gasteiger partial charge in [-0.15, -0.1) is 0 Å². The molecule has 0 bridgehead atoms. The van der Waals surface area contributed by atoms with Gasteiger partial charge in [0, 0.05) is 4.47 Å². The molecule has 2 aromatic carbocycles. The monoisotopic (exact) mass is 334 g/mol. The van der Waals surface area contributed by atoms with Crippen LogP contribution in [0.25, 0.3) is 0 Å². The molecule has 3 N–H and O–H groups in total. The molecule has 0 radical (unpaired) electrons. The molecule has 1 atom stereocenters. The number of hydrogen-bond acceptors (Lipinski definition) is 3. The molecule has 1 amide bonds. The summed E-state index contributed by atoms with van der Waals surface area (Å²) in [6, 6.07) is 17.0. The molecule has 0 aliphatic rings. The van der Waals surface area contributed by atoms with Gasteiger partial charge < -0.3 is 4.74 Å². The maximum atomic E-state index is 11.8. The summed E-state index contributed by atoms with van der Waals surface area (Å²) >= 11 is 3.45. The van der Waals surface area contributed by atoms with Gasteiger partial charge in [0.15, 0.2) is 6.10 Å². The van der Waals surface area contributed by atoms with E-state index in [1.807, 2.05) is 54.6 Å². The normalized spacial score (nSPS) is 11.9. The molecule has 0 spiro atoms. The van der Waals surface area contributed by atoms with Crippen LogP contribution in [-0.4, -0.2) is 5.91 Å². The SMILES string of the molecule is NNC(=O)C(OCc1ccccc1Br)c1ccccc1. The Balaban J connectivity index is 2.14. The molecule has 20 heavy (non-hydrogen) atoms. The molecule has 104 valence electrons. The van der Waals surface area contributed by atoms with Crippen LogP contribution in [0.5, 0.6) is 0 Å². The van der Waals surface area contributed by atoms with Crippen molar-refractivity contribution in [3.05, 3.63) is 70.2 Å². The van der Waals surface area contributed by atoms with Crippen molar-refractivity contribution in [2.75, 3.05) is 0 Å². The van der Waals surface area contributed by atoms with Crippen LogP contribution in [0.3, 0.4) is 0 Å². The van der Waals surface area contributed by atoms with E-state index < -0.39 is 6.10 Å². The molecule has 0 fully saturated rings. The van der Waals surface area contributed by atoms with Crippen LogP contribution in [0.2, 0.25) is 0 Å². The highest BCUT2D eigenvalue weighted by atomic mass is 79.9. The van der Waals surface area contributed by atoms with E-state index in [0.717, 1.165) is 15.6 Å². The van der Waals surface area contributed by atoms with Gasteiger partial charge in [-0.1, -0.05) is 64.5 Å². The Hall–Kier alpha value is -1.69. The zero-order chi connectivity index (χ0) is 14.4. The molecule has 5 heteroatoms. The van der Waals surface area contributed by atoms with E-state index in [0.29, 0.717) is 6.61 Å². The Morgan fingerprint density at radius 1 is 1.15 bits per heavy atom. The van der Waals surface area contributed by atoms with Crippen molar-refractivity contribution in [2.45, 2.75) is 12.7 Å². The fourth-order valence-electron chi connectivity index (χ4n) is 1.82. The minimum Gasteiger partial charge on any atom is -0.359 e. The van der Waals surface area contributed by atoms with Gasteiger partial charge in [0.2, 0.25) is 0 Å². The first-order valence-electron chi connectivity index (χ1n) is 6.13. The van der Waals surface area contributed by atoms with E-state index in [2.05, 4.69) is 21.4 Å².